The van der Waals surface area contributed by atoms with Gasteiger partial charge in [-0.2, -0.15) is 13.5 Å². The molecule has 1 N–H and O–H groups in total. The number of methoxy groups -OCH3 is 2. The van der Waals surface area contributed by atoms with Gasteiger partial charge in [-0.05, 0) is 36.4 Å². The summed E-state index contributed by atoms with van der Waals surface area (Å²) in [6.45, 7) is 0. The monoisotopic (exact) mass is 432 g/mol. The quantitative estimate of drug-likeness (QED) is 0.559. The molecule has 9 heteroatoms. The van der Waals surface area contributed by atoms with Gasteiger partial charge in [0.25, 0.3) is 10.0 Å². The van der Waals surface area contributed by atoms with Crippen molar-refractivity contribution >= 4 is 43.8 Å². The molecular formula is C15H14BrClN2O4S. The molecule has 0 saturated carbocycles. The molecule has 0 saturated heterocycles. The largest absolute Gasteiger partial charge is 0.493 e. The van der Waals surface area contributed by atoms with Crippen LogP contribution in [0.1, 0.15) is 5.56 Å². The van der Waals surface area contributed by atoms with Crippen LogP contribution in [0, 0.1) is 0 Å². The normalized spacial score (nSPS) is 11.5. The molecule has 0 unspecified atom stereocenters. The first-order chi connectivity index (χ1) is 11.4. The number of nitrogens with one attached hydrogen (secondary N) is 1. The van der Waals surface area contributed by atoms with Crippen molar-refractivity contribution in [2.24, 2.45) is 5.10 Å². The fourth-order valence-electron chi connectivity index (χ4n) is 1.89. The predicted octanol–water partition coefficient (Wildman–Crippen LogP) is 3.43. The summed E-state index contributed by atoms with van der Waals surface area (Å²) in [6, 6.07) is 9.21. The number of benzene rings is 2. The number of rotatable bonds is 6. The van der Waals surface area contributed by atoms with Gasteiger partial charge in [0, 0.05) is 15.1 Å². The van der Waals surface area contributed by atoms with E-state index >= 15 is 0 Å². The van der Waals surface area contributed by atoms with Gasteiger partial charge in [-0.3, -0.25) is 0 Å². The number of halogens is 2. The van der Waals surface area contributed by atoms with E-state index in [1.54, 1.807) is 12.1 Å². The van der Waals surface area contributed by atoms with E-state index in [2.05, 4.69) is 25.9 Å². The zero-order valence-corrected chi connectivity index (χ0v) is 15.9. The summed E-state index contributed by atoms with van der Waals surface area (Å²) in [7, 11) is -0.787. The third-order valence-corrected chi connectivity index (χ3v) is 4.92. The van der Waals surface area contributed by atoms with E-state index < -0.39 is 10.0 Å². The summed E-state index contributed by atoms with van der Waals surface area (Å²) in [5.74, 6) is 0.934. The number of hydrogen-bond acceptors (Lipinski definition) is 5. The highest BCUT2D eigenvalue weighted by molar-refractivity contribution is 9.10. The first kappa shape index (κ1) is 18.6. The number of ether oxygens (including phenoxy) is 2. The lowest BCUT2D eigenvalue weighted by Gasteiger charge is -2.11. The Morgan fingerprint density at radius 1 is 1.17 bits per heavy atom. The molecule has 2 aromatic rings. The van der Waals surface area contributed by atoms with Crippen molar-refractivity contribution in [3.05, 3.63) is 51.5 Å². The van der Waals surface area contributed by atoms with Gasteiger partial charge in [-0.15, -0.1) is 0 Å². The molecule has 2 aromatic carbocycles. The molecule has 0 spiro atoms. The van der Waals surface area contributed by atoms with Gasteiger partial charge < -0.3 is 9.47 Å². The van der Waals surface area contributed by atoms with Gasteiger partial charge in [0.05, 0.1) is 25.3 Å². The van der Waals surface area contributed by atoms with Gasteiger partial charge in [0.1, 0.15) is 0 Å². The van der Waals surface area contributed by atoms with Crippen LogP contribution in [0.2, 0.25) is 5.02 Å². The van der Waals surface area contributed by atoms with Crippen LogP contribution in [0.5, 0.6) is 11.5 Å². The Balaban J connectivity index is 2.25. The Morgan fingerprint density at radius 3 is 2.42 bits per heavy atom. The lowest BCUT2D eigenvalue weighted by atomic mass is 10.2. The SMILES string of the molecule is COc1cc(Br)cc(/C=N/NS(=O)(=O)c2ccc(Cl)cc2)c1OC. The number of sulfonamides is 1. The molecule has 6 nitrogen and oxygen atoms in total. The van der Waals surface area contributed by atoms with Crippen molar-refractivity contribution in [1.29, 1.82) is 0 Å². The zero-order valence-electron chi connectivity index (χ0n) is 12.8. The molecule has 0 fully saturated rings. The Hall–Kier alpha value is -1.77. The minimum atomic E-state index is -3.78. The molecule has 0 bridgehead atoms. The highest BCUT2D eigenvalue weighted by atomic mass is 79.9. The first-order valence-corrected chi connectivity index (χ1v) is 9.24. The van der Waals surface area contributed by atoms with Crippen LogP contribution in [-0.2, 0) is 10.0 Å². The molecule has 0 aromatic heterocycles. The van der Waals surface area contributed by atoms with Crippen LogP contribution in [0.4, 0.5) is 0 Å². The maximum atomic E-state index is 12.1. The lowest BCUT2D eigenvalue weighted by molar-refractivity contribution is 0.354. The average Bonchev–Trinajstić information content (AvgIpc) is 2.54. The van der Waals surface area contributed by atoms with Crippen LogP contribution in [0.25, 0.3) is 0 Å². The Morgan fingerprint density at radius 2 is 1.83 bits per heavy atom. The van der Waals surface area contributed by atoms with Gasteiger partial charge in [0.2, 0.25) is 0 Å². The van der Waals surface area contributed by atoms with Crippen molar-refractivity contribution in [2.75, 3.05) is 14.2 Å². The summed E-state index contributed by atoms with van der Waals surface area (Å²) < 4.78 is 35.5. The van der Waals surface area contributed by atoms with Gasteiger partial charge in [0.15, 0.2) is 11.5 Å². The molecule has 2 rings (SSSR count). The van der Waals surface area contributed by atoms with Crippen LogP contribution in [0.15, 0.2) is 50.9 Å². The minimum absolute atomic E-state index is 0.0582. The fraction of sp³-hybridized carbons (Fsp3) is 0.133. The van der Waals surface area contributed by atoms with E-state index in [1.807, 2.05) is 0 Å². The summed E-state index contributed by atoms with van der Waals surface area (Å²) in [6.07, 6.45) is 1.33. The molecular weight excluding hydrogens is 420 g/mol. The molecule has 0 aliphatic carbocycles. The van der Waals surface area contributed by atoms with Crippen molar-refractivity contribution in [1.82, 2.24) is 4.83 Å². The van der Waals surface area contributed by atoms with E-state index in [0.29, 0.717) is 22.1 Å². The number of nitrogens with zero attached hydrogens (tertiary/aromatic N) is 1. The highest BCUT2D eigenvalue weighted by Gasteiger charge is 2.13. The summed E-state index contributed by atoms with van der Waals surface area (Å²) in [4.78, 5) is 2.20. The average molecular weight is 434 g/mol. The lowest BCUT2D eigenvalue weighted by Crippen LogP contribution is -2.18. The van der Waals surface area contributed by atoms with E-state index in [9.17, 15) is 8.42 Å². The van der Waals surface area contributed by atoms with Crippen LogP contribution >= 0.6 is 27.5 Å². The van der Waals surface area contributed by atoms with Gasteiger partial charge >= 0.3 is 0 Å². The van der Waals surface area contributed by atoms with Crippen LogP contribution in [0.3, 0.4) is 0 Å². The Kier molecular flexibility index (Phi) is 6.09. The number of hydrogen-bond donors (Lipinski definition) is 1. The third kappa shape index (κ3) is 4.40. The summed E-state index contributed by atoms with van der Waals surface area (Å²) >= 11 is 9.09. The Bertz CT molecular complexity index is 855. The molecule has 0 amide bonds. The molecule has 0 aliphatic heterocycles. The van der Waals surface area contributed by atoms with E-state index in [-0.39, 0.29) is 4.90 Å². The smallest absolute Gasteiger partial charge is 0.276 e. The second kappa shape index (κ2) is 7.87. The van der Waals surface area contributed by atoms with Gasteiger partial charge in [-0.1, -0.05) is 27.5 Å². The van der Waals surface area contributed by atoms with E-state index in [4.69, 9.17) is 21.1 Å². The molecule has 128 valence electrons. The van der Waals surface area contributed by atoms with Crippen LogP contribution < -0.4 is 14.3 Å². The predicted molar refractivity (Wildman–Crippen MR) is 96.6 cm³/mol. The van der Waals surface area contributed by atoms with Gasteiger partial charge in [-0.25, -0.2) is 4.83 Å². The number of hydrazone groups is 1. The second-order valence-electron chi connectivity index (χ2n) is 4.54. The molecule has 0 aliphatic rings. The van der Waals surface area contributed by atoms with Crippen molar-refractivity contribution in [3.63, 3.8) is 0 Å². The topological polar surface area (TPSA) is 77.0 Å². The van der Waals surface area contributed by atoms with Crippen LogP contribution in [-0.4, -0.2) is 28.9 Å². The fourth-order valence-corrected chi connectivity index (χ4v) is 3.26. The molecule has 0 atom stereocenters. The summed E-state index contributed by atoms with van der Waals surface area (Å²) in [5.41, 5.74) is 0.544. The standard InChI is InChI=1S/C15H14BrClN2O4S/c1-22-14-8-11(16)7-10(15(14)23-2)9-18-19-24(20,21)13-5-3-12(17)4-6-13/h3-9,19H,1-2H3/b18-9+. The third-order valence-electron chi connectivity index (χ3n) is 2.97. The molecule has 24 heavy (non-hydrogen) atoms. The zero-order chi connectivity index (χ0) is 17.7. The van der Waals surface area contributed by atoms with E-state index in [0.717, 1.165) is 4.47 Å². The van der Waals surface area contributed by atoms with Crippen molar-refractivity contribution in [3.8, 4) is 11.5 Å². The van der Waals surface area contributed by atoms with Crippen molar-refractivity contribution in [2.45, 2.75) is 4.90 Å². The van der Waals surface area contributed by atoms with Crippen molar-refractivity contribution < 1.29 is 17.9 Å². The minimum Gasteiger partial charge on any atom is -0.493 e. The van der Waals surface area contributed by atoms with E-state index in [1.165, 1.54) is 44.7 Å². The first-order valence-electron chi connectivity index (χ1n) is 6.59. The highest BCUT2D eigenvalue weighted by Crippen LogP contribution is 2.33. The molecule has 0 heterocycles. The maximum Gasteiger partial charge on any atom is 0.276 e. The second-order valence-corrected chi connectivity index (χ2v) is 7.55. The summed E-state index contributed by atoms with van der Waals surface area (Å²) in [5, 5.41) is 4.23. The maximum absolute atomic E-state index is 12.1. The molecule has 0 radical (unpaired) electrons. The Labute approximate surface area is 153 Å².